The highest BCUT2D eigenvalue weighted by Gasteiger charge is 2.48. The second-order valence-electron chi connectivity index (χ2n) is 4.79. The number of rotatable bonds is 3. The first-order valence-electron chi connectivity index (χ1n) is 5.62. The summed E-state index contributed by atoms with van der Waals surface area (Å²) < 4.78 is 0. The summed E-state index contributed by atoms with van der Waals surface area (Å²) in [5, 5.41) is 22.8. The van der Waals surface area contributed by atoms with Gasteiger partial charge < -0.3 is 5.21 Å². The predicted molar refractivity (Wildman–Crippen MR) is 68.2 cm³/mol. The lowest BCUT2D eigenvalue weighted by Gasteiger charge is -2.45. The molecule has 0 saturated heterocycles. The number of hydrogen-bond donors (Lipinski definition) is 1. The molecule has 0 heterocycles. The summed E-state index contributed by atoms with van der Waals surface area (Å²) in [5.41, 5.74) is 0.188. The van der Waals surface area contributed by atoms with E-state index in [2.05, 4.69) is 12.1 Å². The van der Waals surface area contributed by atoms with Gasteiger partial charge in [0.1, 0.15) is 0 Å². The number of nitro benzene ring substituents is 1. The average molecular weight is 269 g/mol. The van der Waals surface area contributed by atoms with Crippen molar-refractivity contribution in [2.75, 3.05) is 0 Å². The van der Waals surface area contributed by atoms with Gasteiger partial charge in [0.2, 0.25) is 0 Å². The van der Waals surface area contributed by atoms with Crippen LogP contribution in [-0.4, -0.2) is 15.3 Å². The van der Waals surface area contributed by atoms with Crippen molar-refractivity contribution in [1.29, 1.82) is 0 Å². The molecule has 1 aromatic rings. The first-order chi connectivity index (χ1) is 8.49. The second-order valence-corrected chi connectivity index (χ2v) is 5.15. The van der Waals surface area contributed by atoms with Gasteiger partial charge in [0.05, 0.1) is 10.3 Å². The van der Waals surface area contributed by atoms with Crippen molar-refractivity contribution < 1.29 is 10.1 Å². The number of nitro groups is 1. The van der Waals surface area contributed by atoms with Gasteiger partial charge in [0, 0.05) is 12.1 Å². The standard InChI is InChI=1S/C12H13ClN2O3/c1-8-6-12(7-8,11(13)14-16)9-3-2-4-10(5-9)15(17)18/h2-5,8,16H,6-7H2,1H3/b14-11-. The molecule has 1 fully saturated rings. The molecule has 1 aliphatic rings. The van der Waals surface area contributed by atoms with E-state index in [1.54, 1.807) is 12.1 Å². The first kappa shape index (κ1) is 12.8. The highest BCUT2D eigenvalue weighted by Crippen LogP contribution is 2.50. The molecule has 0 spiro atoms. The molecule has 5 nitrogen and oxygen atoms in total. The molecule has 0 aromatic heterocycles. The Hall–Kier alpha value is -1.62. The van der Waals surface area contributed by atoms with Gasteiger partial charge in [0.15, 0.2) is 5.17 Å². The third kappa shape index (κ3) is 1.95. The number of benzene rings is 1. The first-order valence-corrected chi connectivity index (χ1v) is 6.00. The van der Waals surface area contributed by atoms with Crippen LogP contribution in [0.3, 0.4) is 0 Å². The van der Waals surface area contributed by atoms with Gasteiger partial charge in [-0.2, -0.15) is 0 Å². The largest absolute Gasteiger partial charge is 0.410 e. The molecular formula is C12H13ClN2O3. The van der Waals surface area contributed by atoms with Crippen molar-refractivity contribution in [2.24, 2.45) is 11.1 Å². The van der Waals surface area contributed by atoms with Crippen molar-refractivity contribution in [2.45, 2.75) is 25.2 Å². The zero-order chi connectivity index (χ0) is 13.3. The Morgan fingerprint density at radius 2 is 2.28 bits per heavy atom. The highest BCUT2D eigenvalue weighted by molar-refractivity contribution is 6.67. The van der Waals surface area contributed by atoms with Crippen LogP contribution in [0.15, 0.2) is 29.4 Å². The number of halogens is 1. The van der Waals surface area contributed by atoms with Crippen LogP contribution in [0.4, 0.5) is 5.69 Å². The Morgan fingerprint density at radius 3 is 2.78 bits per heavy atom. The lowest BCUT2D eigenvalue weighted by atomic mass is 9.59. The van der Waals surface area contributed by atoms with Gasteiger partial charge in [-0.25, -0.2) is 0 Å². The van der Waals surface area contributed by atoms with Crippen molar-refractivity contribution in [3.63, 3.8) is 0 Å². The maximum Gasteiger partial charge on any atom is 0.269 e. The van der Waals surface area contributed by atoms with Gasteiger partial charge in [-0.05, 0) is 24.3 Å². The van der Waals surface area contributed by atoms with Gasteiger partial charge in [-0.15, -0.1) is 0 Å². The minimum Gasteiger partial charge on any atom is -0.410 e. The zero-order valence-corrected chi connectivity index (χ0v) is 10.6. The number of oxime groups is 1. The minimum absolute atomic E-state index is 0.0221. The third-order valence-electron chi connectivity index (χ3n) is 3.49. The summed E-state index contributed by atoms with van der Waals surface area (Å²) in [6, 6.07) is 6.34. The van der Waals surface area contributed by atoms with E-state index < -0.39 is 10.3 Å². The van der Waals surface area contributed by atoms with Crippen LogP contribution in [0.25, 0.3) is 0 Å². The molecule has 0 unspecified atom stereocenters. The summed E-state index contributed by atoms with van der Waals surface area (Å²) >= 11 is 5.99. The van der Waals surface area contributed by atoms with Gasteiger partial charge in [-0.1, -0.05) is 35.8 Å². The summed E-state index contributed by atoms with van der Waals surface area (Å²) in [4.78, 5) is 10.3. The van der Waals surface area contributed by atoms with Crippen LogP contribution < -0.4 is 0 Å². The van der Waals surface area contributed by atoms with Crippen molar-refractivity contribution >= 4 is 22.5 Å². The van der Waals surface area contributed by atoms with Gasteiger partial charge >= 0.3 is 0 Å². The fraction of sp³-hybridized carbons (Fsp3) is 0.417. The lowest BCUT2D eigenvalue weighted by molar-refractivity contribution is -0.385. The van der Waals surface area contributed by atoms with Crippen LogP contribution in [-0.2, 0) is 5.41 Å². The molecule has 0 aliphatic heterocycles. The smallest absolute Gasteiger partial charge is 0.269 e. The minimum atomic E-state index is -0.568. The quantitative estimate of drug-likeness (QED) is 0.395. The summed E-state index contributed by atoms with van der Waals surface area (Å²) in [6.45, 7) is 2.07. The topological polar surface area (TPSA) is 75.7 Å². The van der Waals surface area contributed by atoms with Crippen molar-refractivity contribution in [3.05, 3.63) is 39.9 Å². The van der Waals surface area contributed by atoms with E-state index in [9.17, 15) is 10.1 Å². The average Bonchev–Trinajstić information content (AvgIpc) is 2.33. The highest BCUT2D eigenvalue weighted by atomic mass is 35.5. The van der Waals surface area contributed by atoms with Crippen molar-refractivity contribution in [3.8, 4) is 0 Å². The SMILES string of the molecule is CC1CC(/C(Cl)=N/O)(c2cccc([N+](=O)[O-])c2)C1. The number of non-ortho nitro benzene ring substituents is 1. The normalized spacial score (nSPS) is 27.7. The van der Waals surface area contributed by atoms with E-state index in [1.807, 2.05) is 0 Å². The van der Waals surface area contributed by atoms with Crippen LogP contribution in [0.2, 0.25) is 0 Å². The molecule has 18 heavy (non-hydrogen) atoms. The fourth-order valence-corrected chi connectivity index (χ4v) is 2.93. The molecule has 0 bridgehead atoms. The van der Waals surface area contributed by atoms with E-state index in [-0.39, 0.29) is 10.9 Å². The number of nitrogens with zero attached hydrogens (tertiary/aromatic N) is 2. The monoisotopic (exact) mass is 268 g/mol. The summed E-state index contributed by atoms with van der Waals surface area (Å²) in [7, 11) is 0. The molecule has 1 saturated carbocycles. The maximum absolute atomic E-state index is 10.8. The van der Waals surface area contributed by atoms with Crippen LogP contribution in [0.1, 0.15) is 25.3 Å². The third-order valence-corrected chi connectivity index (χ3v) is 3.92. The van der Waals surface area contributed by atoms with E-state index in [4.69, 9.17) is 16.8 Å². The lowest BCUT2D eigenvalue weighted by Crippen LogP contribution is -2.45. The Balaban J connectivity index is 2.45. The summed E-state index contributed by atoms with van der Waals surface area (Å²) in [5.74, 6) is 0.458. The Bertz CT molecular complexity index is 510. The van der Waals surface area contributed by atoms with Crippen LogP contribution in [0.5, 0.6) is 0 Å². The molecule has 6 heteroatoms. The second kappa shape index (κ2) is 4.57. The van der Waals surface area contributed by atoms with E-state index in [0.29, 0.717) is 5.92 Å². The van der Waals surface area contributed by atoms with Gasteiger partial charge in [0.25, 0.3) is 5.69 Å². The Morgan fingerprint density at radius 1 is 1.61 bits per heavy atom. The van der Waals surface area contributed by atoms with Crippen LogP contribution in [0, 0.1) is 16.0 Å². The fourth-order valence-electron chi connectivity index (χ4n) is 2.67. The zero-order valence-electron chi connectivity index (χ0n) is 9.84. The summed E-state index contributed by atoms with van der Waals surface area (Å²) in [6.07, 6.45) is 1.47. The predicted octanol–water partition coefficient (Wildman–Crippen LogP) is 3.29. The molecule has 1 aliphatic carbocycles. The molecule has 1 N–H and O–H groups in total. The molecule has 1 aromatic carbocycles. The molecule has 0 amide bonds. The van der Waals surface area contributed by atoms with Crippen LogP contribution >= 0.6 is 11.6 Å². The molecule has 96 valence electrons. The van der Waals surface area contributed by atoms with E-state index in [0.717, 1.165) is 18.4 Å². The van der Waals surface area contributed by atoms with E-state index in [1.165, 1.54) is 12.1 Å². The Labute approximate surface area is 109 Å². The number of hydrogen-bond acceptors (Lipinski definition) is 4. The maximum atomic E-state index is 10.8. The molecular weight excluding hydrogens is 256 g/mol. The molecule has 2 rings (SSSR count). The van der Waals surface area contributed by atoms with Crippen molar-refractivity contribution in [1.82, 2.24) is 0 Å². The molecule has 0 radical (unpaired) electrons. The Kier molecular flexibility index (Phi) is 3.26. The van der Waals surface area contributed by atoms with Gasteiger partial charge in [-0.3, -0.25) is 10.1 Å². The van der Waals surface area contributed by atoms with E-state index >= 15 is 0 Å². The molecule has 0 atom stereocenters.